The summed E-state index contributed by atoms with van der Waals surface area (Å²) in [5, 5.41) is 27.0. The molecule has 0 spiro atoms. The first-order valence-electron chi connectivity index (χ1n) is 19.7. The average Bonchev–Trinajstić information content (AvgIpc) is 3.44. The number of hydrogen-bond acceptors (Lipinski definition) is 6. The number of benzene rings is 4. The molecule has 4 aromatic carbocycles. The van der Waals surface area contributed by atoms with Crippen LogP contribution in [0.5, 0.6) is 11.5 Å². The lowest BCUT2D eigenvalue weighted by Gasteiger charge is -2.46. The maximum Gasteiger partial charge on any atom is 0.573 e. The molecule has 0 aromatic heterocycles. The van der Waals surface area contributed by atoms with Crippen molar-refractivity contribution in [3.63, 3.8) is 0 Å². The Morgan fingerprint density at radius 2 is 1.69 bits per heavy atom. The Hall–Kier alpha value is -4.91. The van der Waals surface area contributed by atoms with E-state index in [-0.39, 0.29) is 42.3 Å². The van der Waals surface area contributed by atoms with Crippen LogP contribution in [0.2, 0.25) is 5.02 Å². The van der Waals surface area contributed by atoms with Gasteiger partial charge in [-0.05, 0) is 129 Å². The summed E-state index contributed by atoms with van der Waals surface area (Å²) in [5.41, 5.74) is 1.42. The number of nitrogens with one attached hydrogen (secondary N) is 1. The highest BCUT2D eigenvalue weighted by atomic mass is 35.5. The summed E-state index contributed by atoms with van der Waals surface area (Å²) >= 11 is 6.38. The van der Waals surface area contributed by atoms with E-state index in [9.17, 15) is 33.0 Å². The monoisotopic (exact) mass is 836 g/mol. The number of hydrogen-bond donors (Lipinski definition) is 3. The second-order valence-electron chi connectivity index (χ2n) is 16.0. The average molecular weight is 837 g/mol. The van der Waals surface area contributed by atoms with Crippen molar-refractivity contribution < 1.29 is 46.8 Å². The van der Waals surface area contributed by atoms with Crippen LogP contribution < -0.4 is 14.8 Å². The molecular weight excluding hydrogens is 788 g/mol. The van der Waals surface area contributed by atoms with Gasteiger partial charge in [-0.1, -0.05) is 60.5 Å². The van der Waals surface area contributed by atoms with Crippen LogP contribution in [0.3, 0.4) is 0 Å². The van der Waals surface area contributed by atoms with E-state index in [2.05, 4.69) is 16.1 Å². The number of fused-ring (bicyclic) bond motifs is 8. The van der Waals surface area contributed by atoms with Gasteiger partial charge in [0.25, 0.3) is 0 Å². The van der Waals surface area contributed by atoms with Gasteiger partial charge in [0.2, 0.25) is 0 Å². The van der Waals surface area contributed by atoms with Crippen LogP contribution in [0.15, 0.2) is 96.6 Å². The van der Waals surface area contributed by atoms with Gasteiger partial charge in [-0.25, -0.2) is 9.18 Å². The number of amides is 2. The number of Topliss-reactive ketones (excluding diaryl/α,β-unsaturated/α-hetero) is 1. The number of halogens is 5. The van der Waals surface area contributed by atoms with E-state index in [4.69, 9.17) is 16.3 Å². The third-order valence-electron chi connectivity index (χ3n) is 12.0. The van der Waals surface area contributed by atoms with Crippen molar-refractivity contribution in [3.8, 4) is 11.5 Å². The molecular formula is C46H49ClF4N2O6. The molecule has 8 nitrogen and oxygen atoms in total. The minimum atomic E-state index is -4.87. The summed E-state index contributed by atoms with van der Waals surface area (Å²) in [6.07, 6.45) is -0.564. The summed E-state index contributed by atoms with van der Waals surface area (Å²) in [4.78, 5) is 30.0. The molecule has 0 radical (unpaired) electrons. The van der Waals surface area contributed by atoms with E-state index in [1.807, 2.05) is 26.0 Å². The van der Waals surface area contributed by atoms with Crippen molar-refractivity contribution in [1.29, 1.82) is 0 Å². The zero-order chi connectivity index (χ0) is 42.5. The van der Waals surface area contributed by atoms with Gasteiger partial charge in [0.1, 0.15) is 17.3 Å². The van der Waals surface area contributed by atoms with Crippen LogP contribution in [0, 0.1) is 11.2 Å². The van der Waals surface area contributed by atoms with Gasteiger partial charge in [0, 0.05) is 40.2 Å². The number of urea groups is 1. The van der Waals surface area contributed by atoms with Gasteiger partial charge in [-0.15, -0.1) is 13.2 Å². The number of alkyl halides is 3. The summed E-state index contributed by atoms with van der Waals surface area (Å²) in [6, 6.07) is 21.2. The normalized spacial score (nSPS) is 22.2. The number of rotatable bonds is 10. The minimum Gasteiger partial charge on any atom is -0.497 e. The zero-order valence-electron chi connectivity index (χ0n) is 33.3. The Kier molecular flexibility index (Phi) is 13.4. The van der Waals surface area contributed by atoms with Gasteiger partial charge < -0.3 is 29.9 Å². The van der Waals surface area contributed by atoms with Crippen molar-refractivity contribution in [2.75, 3.05) is 19.0 Å². The van der Waals surface area contributed by atoms with E-state index >= 15 is 4.39 Å². The molecule has 4 atom stereocenters. The van der Waals surface area contributed by atoms with Crippen LogP contribution in [0.1, 0.15) is 90.9 Å². The molecule has 2 bridgehead atoms. The van der Waals surface area contributed by atoms with Crippen molar-refractivity contribution in [3.05, 3.63) is 135 Å². The van der Waals surface area contributed by atoms with Crippen LogP contribution >= 0.6 is 11.6 Å². The van der Waals surface area contributed by atoms with Gasteiger partial charge >= 0.3 is 12.4 Å². The van der Waals surface area contributed by atoms with Crippen LogP contribution in [-0.4, -0.2) is 58.6 Å². The number of nitrogens with zero attached hydrogens (tertiary/aromatic N) is 1. The number of methoxy groups -OCH3 is 1. The second kappa shape index (κ2) is 18.1. The molecule has 13 heteroatoms. The molecule has 3 aliphatic carbocycles. The predicted molar refractivity (Wildman–Crippen MR) is 218 cm³/mol. The van der Waals surface area contributed by atoms with Crippen molar-refractivity contribution >= 4 is 29.1 Å². The van der Waals surface area contributed by atoms with Crippen molar-refractivity contribution in [2.45, 2.75) is 95.7 Å². The Morgan fingerprint density at radius 3 is 2.37 bits per heavy atom. The lowest BCUT2D eigenvalue weighted by Crippen LogP contribution is -2.54. The maximum absolute atomic E-state index is 15.0. The Bertz CT molecular complexity index is 2140. The van der Waals surface area contributed by atoms with Crippen LogP contribution in [0.4, 0.5) is 28.0 Å². The number of aliphatic hydroxyl groups is 2. The molecule has 2 amide bonds. The number of ketones is 1. The number of anilines is 1. The first-order valence-corrected chi connectivity index (χ1v) is 20.0. The SMILES string of the molecule is COc1ccc(NC(=O)N(Cc2ccc(OC(F)(F)F)cc2)CC2(O)CCC3c4ccc(cc4C(=O)Cc4c(F)cccc4Cl)CC(O)CCC(C)=CCCC32C)cc1. The Labute approximate surface area is 346 Å². The molecule has 0 heterocycles. The van der Waals surface area contributed by atoms with E-state index < -0.39 is 47.0 Å². The largest absolute Gasteiger partial charge is 0.573 e. The van der Waals surface area contributed by atoms with E-state index in [1.54, 1.807) is 30.3 Å². The lowest BCUT2D eigenvalue weighted by molar-refractivity contribution is -0.274. The quantitative estimate of drug-likeness (QED) is 0.0834. The highest BCUT2D eigenvalue weighted by Crippen LogP contribution is 2.59. The molecule has 1 fully saturated rings. The summed E-state index contributed by atoms with van der Waals surface area (Å²) in [7, 11) is 1.52. The first-order chi connectivity index (χ1) is 28.0. The smallest absolute Gasteiger partial charge is 0.497 e. The first kappa shape index (κ1) is 43.7. The lowest BCUT2D eigenvalue weighted by atomic mass is 9.64. The molecule has 7 rings (SSSR count). The topological polar surface area (TPSA) is 108 Å². The number of aliphatic hydroxyl groups excluding tert-OH is 1. The minimum absolute atomic E-state index is 0.0689. The summed E-state index contributed by atoms with van der Waals surface area (Å²) in [6.45, 7) is 3.75. The van der Waals surface area contributed by atoms with Crippen LogP contribution in [0.25, 0.3) is 0 Å². The molecule has 0 aliphatic heterocycles. The Morgan fingerprint density at radius 1 is 0.983 bits per heavy atom. The van der Waals surface area contributed by atoms with Crippen LogP contribution in [-0.2, 0) is 19.4 Å². The molecule has 0 saturated heterocycles. The fraction of sp³-hybridized carbons (Fsp3) is 0.391. The van der Waals surface area contributed by atoms with E-state index in [1.165, 1.54) is 54.5 Å². The third kappa shape index (κ3) is 10.5. The highest BCUT2D eigenvalue weighted by Gasteiger charge is 2.57. The summed E-state index contributed by atoms with van der Waals surface area (Å²) < 4.78 is 63.2. The maximum atomic E-state index is 15.0. The molecule has 4 aromatic rings. The molecule has 314 valence electrons. The van der Waals surface area contributed by atoms with Gasteiger partial charge in [0.05, 0.1) is 25.4 Å². The standard InChI is InChI=1S/C46H49ClF4N2O6/c1-29-6-5-22-44(2)39(36-20-12-31(24-33(54)15-9-29)25-37(36)42(55)26-38-40(47)7-4-8-41(38)48)21-23-45(44,57)28-53(43(56)52-32-13-18-34(58-3)19-14-32)27-30-10-16-35(17-11-30)59-46(49,50)51/h4,6-8,10-14,16-20,25,33,39,54,57H,5,9,15,21-24,26-28H2,1-3H3,(H,52,56). The number of carbonyl (C=O) groups is 2. The second-order valence-corrected chi connectivity index (χ2v) is 16.4. The predicted octanol–water partition coefficient (Wildman–Crippen LogP) is 10.6. The van der Waals surface area contributed by atoms with E-state index in [0.717, 1.165) is 11.1 Å². The fourth-order valence-electron chi connectivity index (χ4n) is 8.61. The van der Waals surface area contributed by atoms with Crippen molar-refractivity contribution in [1.82, 2.24) is 4.90 Å². The van der Waals surface area contributed by atoms with Gasteiger partial charge in [-0.2, -0.15) is 0 Å². The highest BCUT2D eigenvalue weighted by molar-refractivity contribution is 6.31. The van der Waals surface area contributed by atoms with Gasteiger partial charge in [-0.3, -0.25) is 4.79 Å². The number of carbonyl (C=O) groups excluding carboxylic acids is 2. The molecule has 1 saturated carbocycles. The molecule has 59 heavy (non-hydrogen) atoms. The van der Waals surface area contributed by atoms with E-state index in [0.29, 0.717) is 66.7 Å². The third-order valence-corrected chi connectivity index (χ3v) is 12.3. The number of ether oxygens (including phenoxy) is 2. The Balaban J connectivity index is 1.39. The zero-order valence-corrected chi connectivity index (χ0v) is 34.0. The fourth-order valence-corrected chi connectivity index (χ4v) is 8.84. The molecule has 4 unspecified atom stereocenters. The molecule has 3 N–H and O–H groups in total. The van der Waals surface area contributed by atoms with Crippen molar-refractivity contribution in [2.24, 2.45) is 5.41 Å². The number of allylic oxidation sites excluding steroid dienone is 2. The van der Waals surface area contributed by atoms with Gasteiger partial charge in [0.15, 0.2) is 5.78 Å². The summed E-state index contributed by atoms with van der Waals surface area (Å²) in [5.74, 6) is -1.19. The molecule has 3 aliphatic rings.